The number of rotatable bonds is 4. The zero-order valence-corrected chi connectivity index (χ0v) is 9.22. The third kappa shape index (κ3) is 4.20. The largest absolute Gasteiger partial charge is 0.488 e. The van der Waals surface area contributed by atoms with Gasteiger partial charge in [0.05, 0.1) is 0 Å². The monoisotopic (exact) mass is 245 g/mol. The maximum atomic E-state index is 10.5. The van der Waals surface area contributed by atoms with Crippen LogP contribution in [-0.2, 0) is 11.2 Å². The van der Waals surface area contributed by atoms with Crippen LogP contribution in [0.1, 0.15) is 5.56 Å². The van der Waals surface area contributed by atoms with E-state index in [1.165, 1.54) is 12.1 Å². The van der Waals surface area contributed by atoms with Crippen LogP contribution in [-0.4, -0.2) is 34.3 Å². The van der Waals surface area contributed by atoms with Crippen LogP contribution in [0.2, 0.25) is 0 Å². The van der Waals surface area contributed by atoms with Crippen LogP contribution in [0.5, 0.6) is 0 Å². The molecule has 0 saturated heterocycles. The molecule has 88 valence electrons. The molecule has 1 aromatic rings. The second-order valence-corrected chi connectivity index (χ2v) is 3.26. The molecule has 5 nitrogen and oxygen atoms in total. The molecule has 0 aliphatic carbocycles. The number of hydrogen-bond acceptors (Lipinski definition) is 4. The van der Waals surface area contributed by atoms with Gasteiger partial charge in [0, 0.05) is 0 Å². The first-order valence-electron chi connectivity index (χ1n) is 4.44. The van der Waals surface area contributed by atoms with Crippen molar-refractivity contribution < 1.29 is 19.9 Å². The van der Waals surface area contributed by atoms with E-state index in [2.05, 4.69) is 0 Å². The van der Waals surface area contributed by atoms with Crippen LogP contribution >= 0.6 is 12.4 Å². The molecule has 0 unspecified atom stereocenters. The molecule has 16 heavy (non-hydrogen) atoms. The summed E-state index contributed by atoms with van der Waals surface area (Å²) in [5.74, 6) is -1.05. The number of aliphatic carboxylic acids is 1. The van der Waals surface area contributed by atoms with Gasteiger partial charge >= 0.3 is 13.1 Å². The van der Waals surface area contributed by atoms with Crippen molar-refractivity contribution in [1.82, 2.24) is 0 Å². The second kappa shape index (κ2) is 6.50. The number of carboxylic acid groups (broad SMARTS) is 1. The Morgan fingerprint density at radius 2 is 1.81 bits per heavy atom. The number of hydrogen-bond donors (Lipinski definition) is 4. The predicted molar refractivity (Wildman–Crippen MR) is 62.8 cm³/mol. The molecule has 0 heterocycles. The Morgan fingerprint density at radius 1 is 1.31 bits per heavy atom. The Bertz CT molecular complexity index is 344. The van der Waals surface area contributed by atoms with Crippen molar-refractivity contribution in [2.24, 2.45) is 5.73 Å². The van der Waals surface area contributed by atoms with Gasteiger partial charge in [-0.25, -0.2) is 0 Å². The Balaban J connectivity index is 0.00000225. The van der Waals surface area contributed by atoms with Crippen LogP contribution in [0, 0.1) is 0 Å². The third-order valence-electron chi connectivity index (χ3n) is 2.05. The van der Waals surface area contributed by atoms with Crippen LogP contribution in [0.15, 0.2) is 24.3 Å². The van der Waals surface area contributed by atoms with Crippen molar-refractivity contribution in [2.75, 3.05) is 0 Å². The zero-order valence-electron chi connectivity index (χ0n) is 8.41. The highest BCUT2D eigenvalue weighted by Gasteiger charge is 2.13. The van der Waals surface area contributed by atoms with Crippen molar-refractivity contribution in [3.63, 3.8) is 0 Å². The van der Waals surface area contributed by atoms with E-state index in [0.29, 0.717) is 5.46 Å². The summed E-state index contributed by atoms with van der Waals surface area (Å²) >= 11 is 0. The molecule has 0 aliphatic rings. The van der Waals surface area contributed by atoms with Gasteiger partial charge in [-0.3, -0.25) is 4.79 Å². The summed E-state index contributed by atoms with van der Waals surface area (Å²) in [5, 5.41) is 26.2. The maximum absolute atomic E-state index is 10.5. The summed E-state index contributed by atoms with van der Waals surface area (Å²) in [7, 11) is -1.51. The van der Waals surface area contributed by atoms with E-state index in [4.69, 9.17) is 20.9 Å². The summed E-state index contributed by atoms with van der Waals surface area (Å²) in [6, 6.07) is 5.35. The average Bonchev–Trinajstić information content (AvgIpc) is 2.18. The van der Waals surface area contributed by atoms with Gasteiger partial charge in [-0.05, 0) is 17.4 Å². The molecule has 1 rings (SSSR count). The normalized spacial score (nSPS) is 11.4. The van der Waals surface area contributed by atoms with Gasteiger partial charge in [-0.15, -0.1) is 12.4 Å². The van der Waals surface area contributed by atoms with Gasteiger partial charge in [0.2, 0.25) is 0 Å². The van der Waals surface area contributed by atoms with Gasteiger partial charge in [-0.1, -0.05) is 24.3 Å². The van der Waals surface area contributed by atoms with Gasteiger partial charge in [0.15, 0.2) is 0 Å². The first kappa shape index (κ1) is 14.9. The van der Waals surface area contributed by atoms with Crippen molar-refractivity contribution >= 4 is 31.0 Å². The lowest BCUT2D eigenvalue weighted by atomic mass is 9.80. The number of carbonyl (C=O) groups is 1. The molecule has 0 fully saturated rings. The van der Waals surface area contributed by atoms with E-state index in [9.17, 15) is 4.79 Å². The van der Waals surface area contributed by atoms with E-state index in [1.54, 1.807) is 12.1 Å². The smallest absolute Gasteiger partial charge is 0.480 e. The van der Waals surface area contributed by atoms with Crippen molar-refractivity contribution in [3.8, 4) is 0 Å². The second-order valence-electron chi connectivity index (χ2n) is 3.26. The Morgan fingerprint density at radius 3 is 2.19 bits per heavy atom. The number of benzene rings is 1. The number of nitrogens with two attached hydrogens (primary N) is 1. The molecule has 0 amide bonds. The topological polar surface area (TPSA) is 104 Å². The van der Waals surface area contributed by atoms with Gasteiger partial charge in [0.1, 0.15) is 6.04 Å². The summed E-state index contributed by atoms with van der Waals surface area (Å²) in [6.45, 7) is 0. The Labute approximate surface area is 99.5 Å². The van der Waals surface area contributed by atoms with E-state index < -0.39 is 19.1 Å². The summed E-state index contributed by atoms with van der Waals surface area (Å²) < 4.78 is 0. The molecule has 0 aromatic heterocycles. The third-order valence-corrected chi connectivity index (χ3v) is 2.05. The molecule has 1 aromatic carbocycles. The number of carboxylic acids is 1. The fourth-order valence-electron chi connectivity index (χ4n) is 1.17. The Kier molecular flexibility index (Phi) is 6.06. The minimum atomic E-state index is -1.51. The van der Waals surface area contributed by atoms with E-state index in [1.807, 2.05) is 0 Å². The van der Waals surface area contributed by atoms with Gasteiger partial charge in [-0.2, -0.15) is 0 Å². The molecule has 0 saturated carbocycles. The molecular weight excluding hydrogens is 232 g/mol. The van der Waals surface area contributed by atoms with Crippen LogP contribution < -0.4 is 11.2 Å². The minimum absolute atomic E-state index is 0. The SMILES string of the molecule is Cl.N[C@@H](Cc1ccc(B(O)O)cc1)C(=O)O. The first-order chi connectivity index (χ1) is 7.00. The lowest BCUT2D eigenvalue weighted by Crippen LogP contribution is -2.33. The zero-order chi connectivity index (χ0) is 11.4. The van der Waals surface area contributed by atoms with Gasteiger partial charge in [0.25, 0.3) is 0 Å². The fraction of sp³-hybridized carbons (Fsp3) is 0.222. The predicted octanol–water partition coefficient (Wildman–Crippen LogP) is -1.26. The van der Waals surface area contributed by atoms with Crippen molar-refractivity contribution in [3.05, 3.63) is 29.8 Å². The summed E-state index contributed by atoms with van der Waals surface area (Å²) in [6.07, 6.45) is 0.219. The first-order valence-corrected chi connectivity index (χ1v) is 4.44. The molecule has 0 spiro atoms. The van der Waals surface area contributed by atoms with E-state index >= 15 is 0 Å². The lowest BCUT2D eigenvalue weighted by molar-refractivity contribution is -0.138. The van der Waals surface area contributed by atoms with Gasteiger partial charge < -0.3 is 20.9 Å². The molecule has 0 radical (unpaired) electrons. The Hall–Kier alpha value is -1.08. The maximum Gasteiger partial charge on any atom is 0.488 e. The summed E-state index contributed by atoms with van der Waals surface area (Å²) in [5.41, 5.74) is 6.46. The summed E-state index contributed by atoms with van der Waals surface area (Å²) in [4.78, 5) is 10.5. The molecule has 1 atom stereocenters. The highest BCUT2D eigenvalue weighted by atomic mass is 35.5. The minimum Gasteiger partial charge on any atom is -0.480 e. The molecule has 7 heteroatoms. The van der Waals surface area contributed by atoms with Crippen molar-refractivity contribution in [1.29, 1.82) is 0 Å². The highest BCUT2D eigenvalue weighted by molar-refractivity contribution is 6.58. The number of halogens is 1. The quantitative estimate of drug-likeness (QED) is 0.496. The fourth-order valence-corrected chi connectivity index (χ4v) is 1.17. The standard InChI is InChI=1S/C9H12BNO4.ClH/c11-8(9(12)13)5-6-1-3-7(4-2-6)10(14)15;/h1-4,8,14-15H,5,11H2,(H,12,13);1H/t8-;/m0./s1. The molecular formula is C9H13BClNO4. The highest BCUT2D eigenvalue weighted by Crippen LogP contribution is 2.01. The van der Waals surface area contributed by atoms with Crippen LogP contribution in [0.4, 0.5) is 0 Å². The molecule has 0 bridgehead atoms. The van der Waals surface area contributed by atoms with Crippen LogP contribution in [0.3, 0.4) is 0 Å². The van der Waals surface area contributed by atoms with E-state index in [-0.39, 0.29) is 18.8 Å². The molecule has 0 aliphatic heterocycles. The average molecular weight is 245 g/mol. The van der Waals surface area contributed by atoms with Crippen LogP contribution in [0.25, 0.3) is 0 Å². The molecule has 5 N–H and O–H groups in total. The van der Waals surface area contributed by atoms with E-state index in [0.717, 1.165) is 5.56 Å². The lowest BCUT2D eigenvalue weighted by Gasteiger charge is -2.07. The van der Waals surface area contributed by atoms with Crippen molar-refractivity contribution in [2.45, 2.75) is 12.5 Å².